The second-order valence-corrected chi connectivity index (χ2v) is 13.7. The first kappa shape index (κ1) is 39.5. The normalized spacial score (nSPS) is 13.0. The van der Waals surface area contributed by atoms with Crippen molar-refractivity contribution < 1.29 is 38.9 Å². The van der Waals surface area contributed by atoms with Gasteiger partial charge in [-0.25, -0.2) is 0 Å². The van der Waals surface area contributed by atoms with Gasteiger partial charge in [0.1, 0.15) is 11.5 Å². The van der Waals surface area contributed by atoms with Crippen LogP contribution in [0.3, 0.4) is 0 Å². The van der Waals surface area contributed by atoms with Crippen LogP contribution in [0, 0.1) is 24.7 Å². The van der Waals surface area contributed by atoms with Crippen LogP contribution in [0.4, 0.5) is 0 Å². The van der Waals surface area contributed by atoms with Gasteiger partial charge in [0, 0.05) is 16.3 Å². The van der Waals surface area contributed by atoms with Crippen LogP contribution in [0.5, 0.6) is 11.5 Å². The molecular formula is C39H56O8. The fraction of sp³-hybridized carbons (Fsp3) is 0.590. The van der Waals surface area contributed by atoms with Gasteiger partial charge < -0.3 is 19.7 Å². The van der Waals surface area contributed by atoms with E-state index in [0.29, 0.717) is 45.7 Å². The van der Waals surface area contributed by atoms with Crippen molar-refractivity contribution in [3.63, 3.8) is 0 Å². The summed E-state index contributed by atoms with van der Waals surface area (Å²) >= 11 is 0. The number of hydrogen-bond acceptors (Lipinski definition) is 6. The number of allylic oxidation sites excluding steroid dienone is 2. The number of aliphatic carboxylic acids is 2. The zero-order chi connectivity index (χ0) is 34.9. The van der Waals surface area contributed by atoms with Crippen molar-refractivity contribution in [2.75, 3.05) is 0 Å². The van der Waals surface area contributed by atoms with Crippen molar-refractivity contribution in [2.45, 2.75) is 131 Å². The molecule has 2 N–H and O–H groups in total. The first-order valence-corrected chi connectivity index (χ1v) is 17.3. The number of carbonyl (C=O) groups is 4. The van der Waals surface area contributed by atoms with Gasteiger partial charge >= 0.3 is 23.9 Å². The highest BCUT2D eigenvalue weighted by Gasteiger charge is 2.23. The predicted octanol–water partition coefficient (Wildman–Crippen LogP) is 9.62. The fourth-order valence-electron chi connectivity index (χ4n) is 5.88. The van der Waals surface area contributed by atoms with Crippen LogP contribution in [0.1, 0.15) is 129 Å². The number of benzene rings is 2. The number of ether oxygens (including phenoxy) is 2. The zero-order valence-electron chi connectivity index (χ0n) is 29.4. The lowest BCUT2D eigenvalue weighted by atomic mass is 9.91. The summed E-state index contributed by atoms with van der Waals surface area (Å²) in [6.07, 6.45) is 12.2. The Bertz CT molecular complexity index is 1370. The molecule has 0 radical (unpaired) electrons. The Balaban J connectivity index is 2.17. The summed E-state index contributed by atoms with van der Waals surface area (Å²) in [5, 5.41) is 19.2. The van der Waals surface area contributed by atoms with Gasteiger partial charge in [0.2, 0.25) is 0 Å². The number of rotatable bonds is 22. The largest absolute Gasteiger partial charge is 0.481 e. The number of carboxylic acids is 2. The quantitative estimate of drug-likeness (QED) is 0.0731. The standard InChI is InChI=1S/C39H56O8/c1-26(2)12-9-13-27(3)14-10-15-28(4)16-11-17-29(5)20-21-31-30(6)38(46-36(44)24-22-34(40)41)32-18-7-8-19-33(32)39(31)47-37(45)25-23-35(42)43/h7-8,18-20,26-28H,9-17,21-25H2,1-6H3,(H,40,41)(H,42,43)/b29-20+. The van der Waals surface area contributed by atoms with Gasteiger partial charge in [-0.1, -0.05) is 109 Å². The summed E-state index contributed by atoms with van der Waals surface area (Å²) in [7, 11) is 0. The van der Waals surface area contributed by atoms with E-state index in [-0.39, 0.29) is 25.7 Å². The van der Waals surface area contributed by atoms with E-state index in [4.69, 9.17) is 19.7 Å². The lowest BCUT2D eigenvalue weighted by Gasteiger charge is -2.19. The lowest BCUT2D eigenvalue weighted by Crippen LogP contribution is -2.14. The molecule has 0 amide bonds. The molecule has 0 aliphatic rings. The molecule has 0 aliphatic heterocycles. The first-order chi connectivity index (χ1) is 22.3. The molecule has 260 valence electrons. The van der Waals surface area contributed by atoms with Crippen LogP contribution < -0.4 is 9.47 Å². The van der Waals surface area contributed by atoms with E-state index in [9.17, 15) is 19.2 Å². The topological polar surface area (TPSA) is 127 Å². The van der Waals surface area contributed by atoms with Crippen molar-refractivity contribution in [1.29, 1.82) is 0 Å². The number of esters is 2. The lowest BCUT2D eigenvalue weighted by molar-refractivity contribution is -0.142. The first-order valence-electron chi connectivity index (χ1n) is 17.3. The fourth-order valence-corrected chi connectivity index (χ4v) is 5.88. The summed E-state index contributed by atoms with van der Waals surface area (Å²) in [5.41, 5.74) is 2.46. The molecule has 0 saturated carbocycles. The van der Waals surface area contributed by atoms with Crippen molar-refractivity contribution in [2.24, 2.45) is 17.8 Å². The summed E-state index contributed by atoms with van der Waals surface area (Å²) in [6, 6.07) is 7.06. The second-order valence-electron chi connectivity index (χ2n) is 13.7. The van der Waals surface area contributed by atoms with Crippen LogP contribution in [0.2, 0.25) is 0 Å². The highest BCUT2D eigenvalue weighted by atomic mass is 16.5. The number of fused-ring (bicyclic) bond motifs is 1. The van der Waals surface area contributed by atoms with Crippen molar-refractivity contribution in [1.82, 2.24) is 0 Å². The molecule has 0 aliphatic carbocycles. The highest BCUT2D eigenvalue weighted by Crippen LogP contribution is 2.41. The van der Waals surface area contributed by atoms with Crippen LogP contribution in [0.15, 0.2) is 35.9 Å². The molecule has 2 rings (SSSR count). The molecule has 2 atom stereocenters. The molecule has 8 heteroatoms. The Morgan fingerprint density at radius 3 is 1.66 bits per heavy atom. The minimum Gasteiger partial charge on any atom is -0.481 e. The van der Waals surface area contributed by atoms with Crippen LogP contribution in [0.25, 0.3) is 10.8 Å². The van der Waals surface area contributed by atoms with E-state index in [0.717, 1.165) is 31.1 Å². The Morgan fingerprint density at radius 2 is 1.15 bits per heavy atom. The molecule has 2 aromatic carbocycles. The van der Waals surface area contributed by atoms with Crippen molar-refractivity contribution in [3.8, 4) is 11.5 Å². The molecule has 47 heavy (non-hydrogen) atoms. The zero-order valence-corrected chi connectivity index (χ0v) is 29.4. The Hall–Kier alpha value is -3.68. The van der Waals surface area contributed by atoms with Crippen LogP contribution in [-0.4, -0.2) is 34.1 Å². The maximum atomic E-state index is 12.7. The van der Waals surface area contributed by atoms with Gasteiger partial charge in [-0.15, -0.1) is 0 Å². The molecule has 0 saturated heterocycles. The highest BCUT2D eigenvalue weighted by molar-refractivity contribution is 5.99. The van der Waals surface area contributed by atoms with Gasteiger partial charge in [-0.2, -0.15) is 0 Å². The third-order valence-corrected chi connectivity index (χ3v) is 8.80. The molecule has 0 bridgehead atoms. The van der Waals surface area contributed by atoms with Crippen molar-refractivity contribution in [3.05, 3.63) is 47.0 Å². The Kier molecular flexibility index (Phi) is 17.3. The smallest absolute Gasteiger partial charge is 0.311 e. The van der Waals surface area contributed by atoms with Gasteiger partial charge in [-0.3, -0.25) is 19.2 Å². The minimum absolute atomic E-state index is 0.279. The third kappa shape index (κ3) is 14.7. The SMILES string of the molecule is C/C(=C\Cc1c(C)c(OC(=O)CCC(=O)O)c2ccccc2c1OC(=O)CCC(=O)O)CCCC(C)CCCC(C)CCCC(C)C. The maximum Gasteiger partial charge on any atom is 0.311 e. The molecule has 2 aromatic rings. The van der Waals surface area contributed by atoms with E-state index in [2.05, 4.69) is 40.7 Å². The Labute approximate surface area is 280 Å². The van der Waals surface area contributed by atoms with E-state index in [1.165, 1.54) is 44.1 Å². The maximum absolute atomic E-state index is 12.7. The average Bonchev–Trinajstić information content (AvgIpc) is 3.00. The van der Waals surface area contributed by atoms with Gasteiger partial charge in [0.15, 0.2) is 0 Å². The van der Waals surface area contributed by atoms with Gasteiger partial charge in [-0.05, 0) is 56.4 Å². The minimum atomic E-state index is -1.09. The summed E-state index contributed by atoms with van der Waals surface area (Å²) < 4.78 is 11.5. The molecule has 0 spiro atoms. The number of hydrogen-bond donors (Lipinski definition) is 2. The predicted molar refractivity (Wildman–Crippen MR) is 186 cm³/mol. The molecule has 0 heterocycles. The molecular weight excluding hydrogens is 596 g/mol. The second kappa shape index (κ2) is 20.5. The third-order valence-electron chi connectivity index (χ3n) is 8.80. The molecule has 0 fully saturated rings. The van der Waals surface area contributed by atoms with Crippen LogP contribution >= 0.6 is 0 Å². The Morgan fingerprint density at radius 1 is 0.681 bits per heavy atom. The number of carbonyl (C=O) groups excluding carboxylic acids is 2. The van der Waals surface area contributed by atoms with E-state index < -0.39 is 23.9 Å². The average molecular weight is 653 g/mol. The van der Waals surface area contributed by atoms with Crippen LogP contribution in [-0.2, 0) is 25.6 Å². The summed E-state index contributed by atoms with van der Waals surface area (Å²) in [6.45, 7) is 13.2. The van der Waals surface area contributed by atoms with E-state index >= 15 is 0 Å². The summed E-state index contributed by atoms with van der Waals surface area (Å²) in [4.78, 5) is 47.4. The van der Waals surface area contributed by atoms with E-state index in [1.807, 2.05) is 0 Å². The monoisotopic (exact) mass is 652 g/mol. The molecule has 0 aromatic heterocycles. The van der Waals surface area contributed by atoms with Gasteiger partial charge in [0.05, 0.1) is 25.7 Å². The number of carboxylic acid groups (broad SMARTS) is 2. The molecule has 8 nitrogen and oxygen atoms in total. The van der Waals surface area contributed by atoms with Gasteiger partial charge in [0.25, 0.3) is 0 Å². The van der Waals surface area contributed by atoms with E-state index in [1.54, 1.807) is 31.2 Å². The molecule has 2 unspecified atom stereocenters. The summed E-state index contributed by atoms with van der Waals surface area (Å²) in [5.74, 6) is -0.659. The van der Waals surface area contributed by atoms with Crippen molar-refractivity contribution >= 4 is 34.6 Å².